The molecule has 0 saturated heterocycles. The number of nitrogens with one attached hydrogen (secondary N) is 1. The molecule has 0 heterocycles. The summed E-state index contributed by atoms with van der Waals surface area (Å²) >= 11 is 6.35. The molecule has 0 spiro atoms. The molecule has 0 unspecified atom stereocenters. The zero-order valence-electron chi connectivity index (χ0n) is 23.5. The molecule has 2 amide bonds. The Labute approximate surface area is 241 Å². The summed E-state index contributed by atoms with van der Waals surface area (Å²) in [4.78, 5) is 28.4. The van der Waals surface area contributed by atoms with Gasteiger partial charge in [0.05, 0.1) is 10.6 Å². The molecule has 214 valence electrons. The third-order valence-electron chi connectivity index (χ3n) is 6.33. The largest absolute Gasteiger partial charge is 0.350 e. The van der Waals surface area contributed by atoms with E-state index in [1.165, 1.54) is 41.3 Å². The molecule has 3 rings (SSSR count). The molecule has 0 radical (unpaired) electrons. The molecule has 0 saturated carbocycles. The van der Waals surface area contributed by atoms with Crippen LogP contribution >= 0.6 is 11.6 Å². The first kappa shape index (κ1) is 31.1. The van der Waals surface area contributed by atoms with Crippen LogP contribution < -0.4 is 9.62 Å². The average Bonchev–Trinajstić information content (AvgIpc) is 2.87. The predicted molar refractivity (Wildman–Crippen MR) is 156 cm³/mol. The Kier molecular flexibility index (Phi) is 9.64. The second-order valence-corrected chi connectivity index (χ2v) is 13.0. The molecule has 7 nitrogen and oxygen atoms in total. The van der Waals surface area contributed by atoms with Gasteiger partial charge in [0.2, 0.25) is 11.8 Å². The smallest absolute Gasteiger partial charge is 0.264 e. The fourth-order valence-electron chi connectivity index (χ4n) is 4.06. The van der Waals surface area contributed by atoms with Crippen molar-refractivity contribution in [2.45, 2.75) is 64.6 Å². The van der Waals surface area contributed by atoms with E-state index in [-0.39, 0.29) is 17.1 Å². The van der Waals surface area contributed by atoms with Crippen molar-refractivity contribution in [2.24, 2.45) is 0 Å². The van der Waals surface area contributed by atoms with Gasteiger partial charge in [-0.1, -0.05) is 47.5 Å². The maximum atomic E-state index is 14.0. The molecule has 0 bridgehead atoms. The molecule has 40 heavy (non-hydrogen) atoms. The van der Waals surface area contributed by atoms with Crippen LogP contribution in [-0.4, -0.2) is 43.3 Å². The monoisotopic (exact) mass is 587 g/mol. The first-order valence-electron chi connectivity index (χ1n) is 12.8. The highest BCUT2D eigenvalue weighted by Crippen LogP contribution is 2.31. The van der Waals surface area contributed by atoms with Crippen LogP contribution in [0.1, 0.15) is 44.4 Å². The third kappa shape index (κ3) is 7.61. The number of benzene rings is 3. The van der Waals surface area contributed by atoms with E-state index >= 15 is 0 Å². The fourth-order valence-corrected chi connectivity index (χ4v) is 5.70. The highest BCUT2D eigenvalue weighted by molar-refractivity contribution is 7.92. The fraction of sp³-hybridized carbons (Fsp3) is 0.333. The minimum atomic E-state index is -4.21. The van der Waals surface area contributed by atoms with Crippen LogP contribution in [0, 0.1) is 19.7 Å². The van der Waals surface area contributed by atoms with Gasteiger partial charge >= 0.3 is 0 Å². The summed E-state index contributed by atoms with van der Waals surface area (Å²) in [7, 11) is -4.21. The van der Waals surface area contributed by atoms with Crippen LogP contribution in [0.25, 0.3) is 0 Å². The summed E-state index contributed by atoms with van der Waals surface area (Å²) < 4.78 is 42.5. The normalized spacial score (nSPS) is 12.5. The molecule has 1 N–H and O–H groups in total. The molecule has 0 aliphatic heterocycles. The lowest BCUT2D eigenvalue weighted by Crippen LogP contribution is -2.54. The molecule has 0 aliphatic carbocycles. The number of nitrogens with zero attached hydrogens (tertiary/aromatic N) is 2. The van der Waals surface area contributed by atoms with Gasteiger partial charge in [-0.3, -0.25) is 13.9 Å². The lowest BCUT2D eigenvalue weighted by atomic mass is 10.1. The van der Waals surface area contributed by atoms with Crippen LogP contribution in [0.15, 0.2) is 71.6 Å². The number of hydrogen-bond donors (Lipinski definition) is 1. The van der Waals surface area contributed by atoms with Gasteiger partial charge in [-0.15, -0.1) is 0 Å². The van der Waals surface area contributed by atoms with E-state index in [1.807, 2.05) is 27.7 Å². The van der Waals surface area contributed by atoms with Crippen LogP contribution in [0.5, 0.6) is 0 Å². The van der Waals surface area contributed by atoms with E-state index < -0.39 is 45.8 Å². The number of sulfonamides is 1. The summed E-state index contributed by atoms with van der Waals surface area (Å²) in [6.45, 7) is 9.93. The van der Waals surface area contributed by atoms with Crippen molar-refractivity contribution in [1.29, 1.82) is 0 Å². The van der Waals surface area contributed by atoms with Crippen LogP contribution in [0.2, 0.25) is 5.02 Å². The topological polar surface area (TPSA) is 86.8 Å². The Hall–Kier alpha value is -3.43. The standard InChI is InChI=1S/C30H35ClFN3O4S/c1-20-10-16-25(17-11-20)40(38,39)35(27-9-7-8-26(31)21(27)2)19-28(36)34(18-23-12-14-24(32)15-13-23)22(3)29(37)33-30(4,5)6/h7-17,22H,18-19H2,1-6H3,(H,33,37)/t22-/m0/s1. The first-order valence-corrected chi connectivity index (χ1v) is 14.6. The Balaban J connectivity index is 2.08. The van der Waals surface area contributed by atoms with Crippen molar-refractivity contribution in [3.8, 4) is 0 Å². The highest BCUT2D eigenvalue weighted by Gasteiger charge is 2.34. The number of rotatable bonds is 9. The molecule has 3 aromatic carbocycles. The van der Waals surface area contributed by atoms with E-state index in [0.29, 0.717) is 16.1 Å². The molecule has 3 aromatic rings. The van der Waals surface area contributed by atoms with Gasteiger partial charge in [-0.25, -0.2) is 12.8 Å². The van der Waals surface area contributed by atoms with Gasteiger partial charge in [0.25, 0.3) is 10.0 Å². The second-order valence-electron chi connectivity index (χ2n) is 10.8. The van der Waals surface area contributed by atoms with Crippen LogP contribution in [0.4, 0.5) is 10.1 Å². The molecule has 0 aliphatic rings. The number of amides is 2. The first-order chi connectivity index (χ1) is 18.6. The Bertz CT molecular complexity index is 1470. The van der Waals surface area contributed by atoms with E-state index in [9.17, 15) is 22.4 Å². The number of carbonyl (C=O) groups is 2. The zero-order chi connectivity index (χ0) is 29.8. The van der Waals surface area contributed by atoms with Gasteiger partial charge in [0, 0.05) is 17.1 Å². The summed E-state index contributed by atoms with van der Waals surface area (Å²) in [5.41, 5.74) is 1.63. The van der Waals surface area contributed by atoms with E-state index in [1.54, 1.807) is 44.2 Å². The van der Waals surface area contributed by atoms with E-state index in [4.69, 9.17) is 11.6 Å². The molecular formula is C30H35ClFN3O4S. The van der Waals surface area contributed by atoms with Crippen LogP contribution in [-0.2, 0) is 26.2 Å². The summed E-state index contributed by atoms with van der Waals surface area (Å²) in [6.07, 6.45) is 0. The minimum Gasteiger partial charge on any atom is -0.350 e. The Morgan fingerprint density at radius 2 is 1.57 bits per heavy atom. The summed E-state index contributed by atoms with van der Waals surface area (Å²) in [5, 5.41) is 3.21. The molecule has 0 fully saturated rings. The lowest BCUT2D eigenvalue weighted by Gasteiger charge is -2.34. The van der Waals surface area contributed by atoms with Gasteiger partial charge in [0.15, 0.2) is 0 Å². The Morgan fingerprint density at radius 1 is 0.975 bits per heavy atom. The van der Waals surface area contributed by atoms with Crippen molar-refractivity contribution < 1.29 is 22.4 Å². The van der Waals surface area contributed by atoms with E-state index in [2.05, 4.69) is 5.32 Å². The van der Waals surface area contributed by atoms with E-state index in [0.717, 1.165) is 9.87 Å². The van der Waals surface area contributed by atoms with Gasteiger partial charge < -0.3 is 10.2 Å². The summed E-state index contributed by atoms with van der Waals surface area (Å²) in [6, 6.07) is 15.8. The quantitative estimate of drug-likeness (QED) is 0.352. The molecule has 1 atom stereocenters. The van der Waals surface area contributed by atoms with Gasteiger partial charge in [0.1, 0.15) is 18.4 Å². The van der Waals surface area contributed by atoms with Crippen LogP contribution in [0.3, 0.4) is 0 Å². The van der Waals surface area contributed by atoms with Gasteiger partial charge in [-0.05, 0) is 89.1 Å². The number of carbonyl (C=O) groups excluding carboxylic acids is 2. The van der Waals surface area contributed by atoms with Crippen molar-refractivity contribution >= 4 is 39.1 Å². The number of aryl methyl sites for hydroxylation is 1. The number of halogens is 2. The summed E-state index contributed by atoms with van der Waals surface area (Å²) in [5.74, 6) is -1.46. The molecule has 0 aromatic heterocycles. The average molecular weight is 588 g/mol. The van der Waals surface area contributed by atoms with Crippen molar-refractivity contribution in [3.05, 3.63) is 94.3 Å². The van der Waals surface area contributed by atoms with Crippen molar-refractivity contribution in [3.63, 3.8) is 0 Å². The Morgan fingerprint density at radius 3 is 2.15 bits per heavy atom. The molecular weight excluding hydrogens is 553 g/mol. The van der Waals surface area contributed by atoms with Crippen molar-refractivity contribution in [2.75, 3.05) is 10.8 Å². The minimum absolute atomic E-state index is 0.00823. The zero-order valence-corrected chi connectivity index (χ0v) is 25.1. The highest BCUT2D eigenvalue weighted by atomic mass is 35.5. The number of hydrogen-bond acceptors (Lipinski definition) is 4. The maximum absolute atomic E-state index is 14.0. The van der Waals surface area contributed by atoms with Gasteiger partial charge in [-0.2, -0.15) is 0 Å². The number of anilines is 1. The lowest BCUT2D eigenvalue weighted by molar-refractivity contribution is -0.140. The molecule has 10 heteroatoms. The third-order valence-corrected chi connectivity index (χ3v) is 8.51. The predicted octanol–water partition coefficient (Wildman–Crippen LogP) is 5.62. The second kappa shape index (κ2) is 12.4. The SMILES string of the molecule is Cc1ccc(S(=O)(=O)N(CC(=O)N(Cc2ccc(F)cc2)[C@@H](C)C(=O)NC(C)(C)C)c2cccc(Cl)c2C)cc1. The van der Waals surface area contributed by atoms with Crippen molar-refractivity contribution in [1.82, 2.24) is 10.2 Å². The maximum Gasteiger partial charge on any atom is 0.264 e.